The van der Waals surface area contributed by atoms with Gasteiger partial charge in [0.25, 0.3) is 0 Å². The zero-order valence-corrected chi connectivity index (χ0v) is 27.5. The summed E-state index contributed by atoms with van der Waals surface area (Å²) in [6.45, 7) is 22.5. The van der Waals surface area contributed by atoms with Crippen molar-refractivity contribution >= 4 is 0 Å². The second-order valence-electron chi connectivity index (χ2n) is 15.1. The third-order valence-electron chi connectivity index (χ3n) is 12.2. The minimum Gasteiger partial charge on any atom is -0.498 e. The van der Waals surface area contributed by atoms with Crippen LogP contribution in [0.2, 0.25) is 0 Å². The summed E-state index contributed by atoms with van der Waals surface area (Å²) in [4.78, 5) is 10.5. The SMILES string of the molecule is C=C(CCOC)OOCCCOC(=C)[C@H]1CC[C@@]2(C)C(=CCC3C4CCC(C(C)CCCC(C)C)[C@@]4(C)CCC32)C1. The highest BCUT2D eigenvalue weighted by molar-refractivity contribution is 5.26. The largest absolute Gasteiger partial charge is 0.498 e. The van der Waals surface area contributed by atoms with Crippen LogP contribution in [0.15, 0.2) is 36.3 Å². The van der Waals surface area contributed by atoms with Crippen LogP contribution in [0, 0.1) is 52.3 Å². The summed E-state index contributed by atoms with van der Waals surface area (Å²) in [6.07, 6.45) is 19.1. The molecule has 0 aromatic rings. The molecule has 0 aromatic heterocycles. The van der Waals surface area contributed by atoms with E-state index < -0.39 is 0 Å². The average molecular weight is 571 g/mol. The van der Waals surface area contributed by atoms with Crippen molar-refractivity contribution in [3.05, 3.63) is 36.3 Å². The third kappa shape index (κ3) is 7.46. The maximum atomic E-state index is 6.12. The lowest BCUT2D eigenvalue weighted by Crippen LogP contribution is -2.50. The van der Waals surface area contributed by atoms with E-state index in [4.69, 9.17) is 19.2 Å². The van der Waals surface area contributed by atoms with Crippen molar-refractivity contribution in [2.45, 2.75) is 118 Å². The van der Waals surface area contributed by atoms with Crippen molar-refractivity contribution in [3.63, 3.8) is 0 Å². The molecule has 0 aliphatic heterocycles. The molecule has 5 unspecified atom stereocenters. The number of ether oxygens (including phenoxy) is 2. The first-order chi connectivity index (χ1) is 19.6. The minimum absolute atomic E-state index is 0.373. The number of methoxy groups -OCH3 is 1. The molecule has 4 heteroatoms. The first-order valence-electron chi connectivity index (χ1n) is 17.1. The molecule has 0 N–H and O–H groups in total. The van der Waals surface area contributed by atoms with Crippen molar-refractivity contribution in [1.29, 1.82) is 0 Å². The van der Waals surface area contributed by atoms with E-state index in [2.05, 4.69) is 53.9 Å². The van der Waals surface area contributed by atoms with E-state index >= 15 is 0 Å². The molecule has 41 heavy (non-hydrogen) atoms. The van der Waals surface area contributed by atoms with Gasteiger partial charge in [0.15, 0.2) is 0 Å². The third-order valence-corrected chi connectivity index (χ3v) is 12.2. The Balaban J connectivity index is 1.26. The summed E-state index contributed by atoms with van der Waals surface area (Å²) in [5, 5.41) is 0. The van der Waals surface area contributed by atoms with Gasteiger partial charge >= 0.3 is 0 Å². The van der Waals surface area contributed by atoms with Gasteiger partial charge in [-0.1, -0.05) is 78.7 Å². The maximum Gasteiger partial charge on any atom is 0.137 e. The van der Waals surface area contributed by atoms with Gasteiger partial charge in [-0.15, -0.1) is 0 Å². The molecule has 0 saturated heterocycles. The van der Waals surface area contributed by atoms with Crippen molar-refractivity contribution < 1.29 is 19.2 Å². The highest BCUT2D eigenvalue weighted by Crippen LogP contribution is 2.67. The average Bonchev–Trinajstić information content (AvgIpc) is 3.30. The fourth-order valence-corrected chi connectivity index (χ4v) is 9.78. The van der Waals surface area contributed by atoms with Gasteiger partial charge in [-0.25, -0.2) is 0 Å². The van der Waals surface area contributed by atoms with Crippen LogP contribution in [-0.4, -0.2) is 26.9 Å². The maximum absolute atomic E-state index is 6.12. The fourth-order valence-electron chi connectivity index (χ4n) is 9.78. The zero-order chi connectivity index (χ0) is 29.6. The smallest absolute Gasteiger partial charge is 0.137 e. The number of allylic oxidation sites excluding steroid dienone is 3. The van der Waals surface area contributed by atoms with Gasteiger partial charge < -0.3 is 14.4 Å². The van der Waals surface area contributed by atoms with Crippen molar-refractivity contribution in [1.82, 2.24) is 0 Å². The first-order valence-corrected chi connectivity index (χ1v) is 17.1. The van der Waals surface area contributed by atoms with Crippen LogP contribution in [0.5, 0.6) is 0 Å². The predicted octanol–water partition coefficient (Wildman–Crippen LogP) is 10.1. The van der Waals surface area contributed by atoms with Gasteiger partial charge in [-0.2, -0.15) is 4.89 Å². The van der Waals surface area contributed by atoms with E-state index in [1.54, 1.807) is 12.7 Å². The molecule has 3 saturated carbocycles. The Labute approximate surface area is 252 Å². The normalized spacial score (nSPS) is 35.2. The monoisotopic (exact) mass is 570 g/mol. The molecular formula is C37H62O4. The second-order valence-corrected chi connectivity index (χ2v) is 15.1. The standard InChI is InChI=1S/C37H62O4/c1-26(2)11-9-12-27(3)33-15-16-34-32-14-13-31-25-30(17-20-36(31,6)35(32)18-21-37(33,34)7)29(5)39-22-10-23-40-41-28(4)19-24-38-8/h13,26-27,30,32-35H,4-5,9-12,14-25H2,1-3,6-8H3/t27?,30-,32?,33?,34?,35?,36-,37+/m0/s1. The molecule has 4 rings (SSSR count). The van der Waals surface area contributed by atoms with Gasteiger partial charge in [-0.05, 0) is 97.7 Å². The van der Waals surface area contributed by atoms with Crippen LogP contribution in [0.3, 0.4) is 0 Å². The van der Waals surface area contributed by atoms with Crippen LogP contribution in [0.1, 0.15) is 118 Å². The zero-order valence-electron chi connectivity index (χ0n) is 27.5. The summed E-state index contributed by atoms with van der Waals surface area (Å²) >= 11 is 0. The molecule has 8 atom stereocenters. The van der Waals surface area contributed by atoms with E-state index in [1.165, 1.54) is 64.2 Å². The number of hydrogen-bond acceptors (Lipinski definition) is 4. The highest BCUT2D eigenvalue weighted by Gasteiger charge is 2.59. The van der Waals surface area contributed by atoms with E-state index in [1.807, 2.05) is 0 Å². The van der Waals surface area contributed by atoms with E-state index in [9.17, 15) is 0 Å². The highest BCUT2D eigenvalue weighted by atomic mass is 17.2. The summed E-state index contributed by atoms with van der Waals surface area (Å²) in [6, 6.07) is 0. The molecular weight excluding hydrogens is 508 g/mol. The molecule has 0 heterocycles. The van der Waals surface area contributed by atoms with Gasteiger partial charge in [0.05, 0.1) is 25.6 Å². The second kappa shape index (κ2) is 14.5. The Bertz CT molecular complexity index is 907. The number of hydrogen-bond donors (Lipinski definition) is 0. The minimum atomic E-state index is 0.373. The Morgan fingerprint density at radius 2 is 1.76 bits per heavy atom. The van der Waals surface area contributed by atoms with Gasteiger partial charge in [0, 0.05) is 25.9 Å². The Morgan fingerprint density at radius 3 is 2.51 bits per heavy atom. The number of fused-ring (bicyclic) bond motifs is 5. The van der Waals surface area contributed by atoms with E-state index in [-0.39, 0.29) is 0 Å². The lowest BCUT2D eigenvalue weighted by molar-refractivity contribution is -0.265. The molecule has 4 aliphatic carbocycles. The van der Waals surface area contributed by atoms with Crippen LogP contribution in [0.25, 0.3) is 0 Å². The van der Waals surface area contributed by atoms with E-state index in [0.29, 0.717) is 48.7 Å². The van der Waals surface area contributed by atoms with Crippen LogP contribution >= 0.6 is 0 Å². The van der Waals surface area contributed by atoms with Crippen molar-refractivity contribution in [2.75, 3.05) is 26.9 Å². The molecule has 234 valence electrons. The van der Waals surface area contributed by atoms with Crippen LogP contribution in [-0.2, 0) is 19.2 Å². The summed E-state index contributed by atoms with van der Waals surface area (Å²) in [7, 11) is 1.67. The van der Waals surface area contributed by atoms with Gasteiger partial charge in [0.2, 0.25) is 0 Å². The molecule has 0 spiro atoms. The Morgan fingerprint density at radius 1 is 0.951 bits per heavy atom. The lowest BCUT2D eigenvalue weighted by atomic mass is 9.46. The van der Waals surface area contributed by atoms with Gasteiger partial charge in [-0.3, -0.25) is 0 Å². The molecule has 0 amide bonds. The molecule has 4 nitrogen and oxygen atoms in total. The fraction of sp³-hybridized carbons (Fsp3) is 0.838. The van der Waals surface area contributed by atoms with Crippen molar-refractivity contribution in [2.24, 2.45) is 52.3 Å². The molecule has 0 aromatic carbocycles. The summed E-state index contributed by atoms with van der Waals surface area (Å²) in [5.74, 6) is 7.31. The molecule has 0 bridgehead atoms. The Hall–Kier alpha value is -1.26. The quantitative estimate of drug-likeness (QED) is 0.0608. The van der Waals surface area contributed by atoms with Crippen LogP contribution in [0.4, 0.5) is 0 Å². The lowest BCUT2D eigenvalue weighted by Gasteiger charge is -2.58. The van der Waals surface area contributed by atoms with E-state index in [0.717, 1.165) is 54.1 Å². The topological polar surface area (TPSA) is 36.9 Å². The van der Waals surface area contributed by atoms with Crippen molar-refractivity contribution in [3.8, 4) is 0 Å². The van der Waals surface area contributed by atoms with Crippen LogP contribution < -0.4 is 0 Å². The Kier molecular flexibility index (Phi) is 11.5. The predicted molar refractivity (Wildman–Crippen MR) is 169 cm³/mol. The summed E-state index contributed by atoms with van der Waals surface area (Å²) in [5.41, 5.74) is 2.65. The first kappa shape index (κ1) is 32.6. The van der Waals surface area contributed by atoms with Gasteiger partial charge in [0.1, 0.15) is 5.76 Å². The molecule has 4 aliphatic rings. The summed E-state index contributed by atoms with van der Waals surface area (Å²) < 4.78 is 11.1. The molecule has 0 radical (unpaired) electrons. The number of rotatable bonds is 16. The molecule has 3 fully saturated rings.